The zero-order valence-electron chi connectivity index (χ0n) is 9.82. The molecule has 0 heteroatoms. The van der Waals surface area contributed by atoms with Gasteiger partial charge in [-0.25, -0.2) is 0 Å². The topological polar surface area (TPSA) is 0 Å². The van der Waals surface area contributed by atoms with E-state index in [-0.39, 0.29) is 0 Å². The highest BCUT2D eigenvalue weighted by molar-refractivity contribution is 4.65. The summed E-state index contributed by atoms with van der Waals surface area (Å²) in [6.45, 7) is 10.5. The molecule has 0 unspecified atom stereocenters. The standard InChI is InChI=1S/C4H8.C3H6.C3H8.C2H6/c1-4-2-3-4;1-2-3-1;1-3-2;1-2/h4H,2-3H2,1H3;1-3H2;3H2,1-2H3;1-2H3. The van der Waals surface area contributed by atoms with Crippen molar-refractivity contribution >= 4 is 0 Å². The van der Waals surface area contributed by atoms with Crippen LogP contribution in [0, 0.1) is 5.92 Å². The molecule has 0 N–H and O–H groups in total. The third-order valence-corrected chi connectivity index (χ3v) is 1.22. The van der Waals surface area contributed by atoms with Crippen molar-refractivity contribution < 1.29 is 0 Å². The molecule has 0 radical (unpaired) electrons. The fourth-order valence-electron chi connectivity index (χ4n) is 0.167. The average Bonchev–Trinajstić information content (AvgIpc) is 2.89. The van der Waals surface area contributed by atoms with Crippen molar-refractivity contribution in [3.05, 3.63) is 0 Å². The lowest BCUT2D eigenvalue weighted by atomic mass is 10.5. The zero-order chi connectivity index (χ0) is 9.82. The summed E-state index contributed by atoms with van der Waals surface area (Å²) in [5.41, 5.74) is 0. The summed E-state index contributed by atoms with van der Waals surface area (Å²) in [6.07, 6.45) is 8.72. The lowest BCUT2D eigenvalue weighted by Crippen LogP contribution is -1.42. The van der Waals surface area contributed by atoms with Crippen molar-refractivity contribution in [3.63, 3.8) is 0 Å². The molecule has 0 aromatic rings. The maximum Gasteiger partial charge on any atom is -0.0443 e. The molecule has 0 bridgehead atoms. The first-order valence-corrected chi connectivity index (χ1v) is 5.81. The van der Waals surface area contributed by atoms with Crippen LogP contribution in [0.1, 0.15) is 73.1 Å². The van der Waals surface area contributed by atoms with Crippen LogP contribution < -0.4 is 0 Å². The summed E-state index contributed by atoms with van der Waals surface area (Å²) >= 11 is 0. The maximum atomic E-state index is 2.28. The minimum Gasteiger partial charge on any atom is -0.0683 e. The second-order valence-electron chi connectivity index (χ2n) is 3.45. The van der Waals surface area contributed by atoms with E-state index in [2.05, 4.69) is 20.8 Å². The van der Waals surface area contributed by atoms with Gasteiger partial charge in [-0.2, -0.15) is 0 Å². The Morgan fingerprint density at radius 1 is 0.917 bits per heavy atom. The first kappa shape index (κ1) is 14.5. The van der Waals surface area contributed by atoms with E-state index >= 15 is 0 Å². The van der Waals surface area contributed by atoms with Gasteiger partial charge in [0, 0.05) is 0 Å². The van der Waals surface area contributed by atoms with Crippen LogP contribution in [0.4, 0.5) is 0 Å². The third-order valence-electron chi connectivity index (χ3n) is 1.22. The molecule has 2 saturated carbocycles. The Kier molecular flexibility index (Phi) is 16.4. The van der Waals surface area contributed by atoms with E-state index in [1.807, 2.05) is 13.8 Å². The van der Waals surface area contributed by atoms with Crippen molar-refractivity contribution in [2.75, 3.05) is 0 Å². The Morgan fingerprint density at radius 2 is 1.08 bits per heavy atom. The van der Waals surface area contributed by atoms with Crippen LogP contribution in [0.15, 0.2) is 0 Å². The highest BCUT2D eigenvalue weighted by Crippen LogP contribution is 2.26. The largest absolute Gasteiger partial charge is 0.0683 e. The quantitative estimate of drug-likeness (QED) is 0.481. The average molecular weight is 172 g/mol. The molecule has 76 valence electrons. The Bertz CT molecular complexity index is 48.3. The first-order chi connectivity index (χ1) is 5.81. The molecule has 0 aliphatic heterocycles. The van der Waals surface area contributed by atoms with Crippen LogP contribution >= 0.6 is 0 Å². The summed E-state index contributed by atoms with van der Waals surface area (Å²) < 4.78 is 0. The van der Waals surface area contributed by atoms with Crippen LogP contribution in [-0.2, 0) is 0 Å². The molecule has 0 heterocycles. The molecule has 0 atom stereocenters. The summed E-state index contributed by atoms with van der Waals surface area (Å²) in [7, 11) is 0. The molecule has 2 fully saturated rings. The smallest absolute Gasteiger partial charge is 0.0443 e. The van der Waals surface area contributed by atoms with Gasteiger partial charge in [0.25, 0.3) is 0 Å². The van der Waals surface area contributed by atoms with Gasteiger partial charge in [0.2, 0.25) is 0 Å². The van der Waals surface area contributed by atoms with E-state index in [1.54, 1.807) is 0 Å². The Balaban J connectivity index is 0. The van der Waals surface area contributed by atoms with Crippen molar-refractivity contribution in [1.82, 2.24) is 0 Å². The predicted molar refractivity (Wildman–Crippen MR) is 59.6 cm³/mol. The van der Waals surface area contributed by atoms with Crippen molar-refractivity contribution in [2.45, 2.75) is 73.1 Å². The highest BCUT2D eigenvalue weighted by Gasteiger charge is 2.12. The molecule has 2 aliphatic rings. The molecule has 2 rings (SSSR count). The van der Waals surface area contributed by atoms with Gasteiger partial charge in [0.1, 0.15) is 0 Å². The predicted octanol–water partition coefficient (Wildman–Crippen LogP) is 5.03. The van der Waals surface area contributed by atoms with Crippen LogP contribution in [0.5, 0.6) is 0 Å². The Labute approximate surface area is 79.8 Å². The molecule has 0 nitrogen and oxygen atoms in total. The Morgan fingerprint density at radius 3 is 1.08 bits per heavy atom. The van der Waals surface area contributed by atoms with E-state index in [1.165, 1.54) is 38.5 Å². The molecule has 0 amide bonds. The second-order valence-corrected chi connectivity index (χ2v) is 3.45. The fraction of sp³-hybridized carbons (Fsp3) is 1.00. The summed E-state index contributed by atoms with van der Waals surface area (Å²) in [4.78, 5) is 0. The maximum absolute atomic E-state index is 2.28. The molecule has 2 aliphatic carbocycles. The number of rotatable bonds is 0. The minimum atomic E-state index is 1.08. The SMILES string of the molecule is C1CC1.CC.CC1CC1.CCC. The van der Waals surface area contributed by atoms with Crippen LogP contribution in [-0.4, -0.2) is 0 Å². The van der Waals surface area contributed by atoms with E-state index < -0.39 is 0 Å². The normalized spacial score (nSPS) is 16.8. The molecule has 0 saturated heterocycles. The molecule has 12 heavy (non-hydrogen) atoms. The molecule has 0 aromatic heterocycles. The molecule has 0 spiro atoms. The van der Waals surface area contributed by atoms with E-state index in [0.29, 0.717) is 0 Å². The van der Waals surface area contributed by atoms with Gasteiger partial charge in [0.15, 0.2) is 0 Å². The third kappa shape index (κ3) is 50.6. The summed E-state index contributed by atoms with van der Waals surface area (Å²) in [6, 6.07) is 0. The van der Waals surface area contributed by atoms with Gasteiger partial charge >= 0.3 is 0 Å². The van der Waals surface area contributed by atoms with Gasteiger partial charge < -0.3 is 0 Å². The van der Waals surface area contributed by atoms with Crippen LogP contribution in [0.25, 0.3) is 0 Å². The fourth-order valence-corrected chi connectivity index (χ4v) is 0.167. The van der Waals surface area contributed by atoms with E-state index in [0.717, 1.165) is 5.92 Å². The number of hydrogen-bond acceptors (Lipinski definition) is 0. The van der Waals surface area contributed by atoms with Crippen molar-refractivity contribution in [1.29, 1.82) is 0 Å². The highest BCUT2D eigenvalue weighted by atomic mass is 14.2. The van der Waals surface area contributed by atoms with Gasteiger partial charge in [-0.05, 0) is 5.92 Å². The monoisotopic (exact) mass is 172 g/mol. The zero-order valence-corrected chi connectivity index (χ0v) is 9.82. The second kappa shape index (κ2) is 13.6. The molecule has 0 aromatic carbocycles. The van der Waals surface area contributed by atoms with Gasteiger partial charge in [-0.1, -0.05) is 73.1 Å². The van der Waals surface area contributed by atoms with Crippen LogP contribution in [0.2, 0.25) is 0 Å². The lowest BCUT2D eigenvalue weighted by molar-refractivity contribution is 0.983. The van der Waals surface area contributed by atoms with Gasteiger partial charge in [-0.3, -0.25) is 0 Å². The van der Waals surface area contributed by atoms with E-state index in [9.17, 15) is 0 Å². The lowest BCUT2D eigenvalue weighted by Gasteiger charge is -1.53. The van der Waals surface area contributed by atoms with Gasteiger partial charge in [-0.15, -0.1) is 0 Å². The Hall–Kier alpha value is 0. The van der Waals surface area contributed by atoms with Crippen LogP contribution in [0.3, 0.4) is 0 Å². The first-order valence-electron chi connectivity index (χ1n) is 5.81. The van der Waals surface area contributed by atoms with Crippen molar-refractivity contribution in [2.24, 2.45) is 5.92 Å². The van der Waals surface area contributed by atoms with Crippen molar-refractivity contribution in [3.8, 4) is 0 Å². The molecular weight excluding hydrogens is 144 g/mol. The minimum absolute atomic E-state index is 1.08. The summed E-state index contributed by atoms with van der Waals surface area (Å²) in [5.74, 6) is 1.08. The summed E-state index contributed by atoms with van der Waals surface area (Å²) in [5, 5.41) is 0. The molecular formula is C12H28. The van der Waals surface area contributed by atoms with Gasteiger partial charge in [0.05, 0.1) is 0 Å². The van der Waals surface area contributed by atoms with E-state index in [4.69, 9.17) is 0 Å². The number of hydrogen-bond donors (Lipinski definition) is 0.